The summed E-state index contributed by atoms with van der Waals surface area (Å²) in [5.74, 6) is -0.712. The van der Waals surface area contributed by atoms with Gasteiger partial charge in [-0.2, -0.15) is 0 Å². The number of ether oxygens (including phenoxy) is 2. The fraction of sp³-hybridized carbons (Fsp3) is 0.429. The molecule has 3 aromatic rings. The number of H-pyrrole nitrogens is 2. The van der Waals surface area contributed by atoms with Crippen molar-refractivity contribution in [2.45, 2.75) is 79.9 Å². The Kier molecular flexibility index (Phi) is 7.70. The molecule has 3 rings (SSSR count). The lowest BCUT2D eigenvalue weighted by molar-refractivity contribution is 0.00623. The summed E-state index contributed by atoms with van der Waals surface area (Å²) in [6.07, 6.45) is 2.05. The number of carbonyl (C=O) groups excluding carboxylic acids is 2. The minimum Gasteiger partial charge on any atom is -0.456 e. The van der Waals surface area contributed by atoms with Crippen LogP contribution < -0.4 is 0 Å². The minimum atomic E-state index is -0.567. The van der Waals surface area contributed by atoms with Crippen molar-refractivity contribution in [3.63, 3.8) is 0 Å². The molecule has 2 aromatic heterocycles. The van der Waals surface area contributed by atoms with E-state index >= 15 is 0 Å². The molecule has 1 aromatic carbocycles. The van der Waals surface area contributed by atoms with E-state index in [1.807, 2.05) is 71.9 Å². The van der Waals surface area contributed by atoms with Crippen LogP contribution in [0.25, 0.3) is 0 Å². The third-order valence-corrected chi connectivity index (χ3v) is 6.03. The molecule has 0 aliphatic carbocycles. The van der Waals surface area contributed by atoms with Crippen LogP contribution in [0.2, 0.25) is 0 Å². The molecule has 2 N–H and O–H groups in total. The van der Waals surface area contributed by atoms with Crippen molar-refractivity contribution in [1.82, 2.24) is 9.97 Å². The highest BCUT2D eigenvalue weighted by Crippen LogP contribution is 2.27. The number of esters is 2. The van der Waals surface area contributed by atoms with Crippen molar-refractivity contribution < 1.29 is 19.1 Å². The van der Waals surface area contributed by atoms with Crippen molar-refractivity contribution in [2.24, 2.45) is 0 Å². The number of benzene rings is 1. The molecule has 6 heteroatoms. The van der Waals surface area contributed by atoms with Gasteiger partial charge < -0.3 is 19.4 Å². The molecule has 6 nitrogen and oxygen atoms in total. The van der Waals surface area contributed by atoms with Gasteiger partial charge in [-0.25, -0.2) is 9.59 Å². The predicted molar refractivity (Wildman–Crippen MR) is 133 cm³/mol. The number of hydrogen-bond acceptors (Lipinski definition) is 4. The molecule has 0 saturated heterocycles. The topological polar surface area (TPSA) is 84.2 Å². The average molecular weight is 465 g/mol. The normalized spacial score (nSPS) is 11.5. The molecule has 0 saturated carbocycles. The largest absolute Gasteiger partial charge is 0.456 e. The molecular formula is C28H36N2O4. The second-order valence-corrected chi connectivity index (χ2v) is 9.61. The van der Waals surface area contributed by atoms with E-state index in [4.69, 9.17) is 9.47 Å². The lowest BCUT2D eigenvalue weighted by Gasteiger charge is -2.19. The number of carbonyl (C=O) groups is 2. The summed E-state index contributed by atoms with van der Waals surface area (Å²) in [5.41, 5.74) is 7.28. The number of aromatic nitrogens is 2. The summed E-state index contributed by atoms with van der Waals surface area (Å²) in [7, 11) is 0. The van der Waals surface area contributed by atoms with Crippen LogP contribution >= 0.6 is 0 Å². The van der Waals surface area contributed by atoms with Gasteiger partial charge in [-0.3, -0.25) is 0 Å². The molecule has 182 valence electrons. The van der Waals surface area contributed by atoms with E-state index in [1.165, 1.54) is 0 Å². The van der Waals surface area contributed by atoms with Crippen molar-refractivity contribution in [1.29, 1.82) is 0 Å². The second-order valence-electron chi connectivity index (χ2n) is 9.61. The van der Waals surface area contributed by atoms with E-state index in [-0.39, 0.29) is 18.5 Å². The SMILES string of the molecule is CCc1c(Cc2[nH]c(C(=O)OCc3ccccc3)c(CC)c2C)[nH]c(C(=O)OC(C)(C)C)c1C. The van der Waals surface area contributed by atoms with Crippen LogP contribution in [0.1, 0.15) is 94.8 Å². The monoisotopic (exact) mass is 464 g/mol. The molecule has 0 amide bonds. The number of hydrogen-bond donors (Lipinski definition) is 2. The van der Waals surface area contributed by atoms with Gasteiger partial charge in [0.05, 0.1) is 0 Å². The zero-order valence-corrected chi connectivity index (χ0v) is 21.3. The van der Waals surface area contributed by atoms with Gasteiger partial charge in [-0.05, 0) is 75.3 Å². The van der Waals surface area contributed by atoms with Gasteiger partial charge in [0.25, 0.3) is 0 Å². The summed E-state index contributed by atoms with van der Waals surface area (Å²) >= 11 is 0. The Hall–Kier alpha value is -3.28. The third-order valence-electron chi connectivity index (χ3n) is 6.03. The van der Waals surface area contributed by atoms with Crippen LogP contribution in [0.5, 0.6) is 0 Å². The van der Waals surface area contributed by atoms with Gasteiger partial charge in [-0.1, -0.05) is 44.2 Å². The van der Waals surface area contributed by atoms with Crippen LogP contribution in [0.15, 0.2) is 30.3 Å². The van der Waals surface area contributed by atoms with Crippen molar-refractivity contribution in [3.8, 4) is 0 Å². The summed E-state index contributed by atoms with van der Waals surface area (Å²) in [5, 5.41) is 0. The fourth-order valence-electron chi connectivity index (χ4n) is 4.31. The minimum absolute atomic E-state index is 0.227. The van der Waals surface area contributed by atoms with Gasteiger partial charge >= 0.3 is 11.9 Å². The maximum atomic E-state index is 12.9. The average Bonchev–Trinajstić information content (AvgIpc) is 3.27. The maximum Gasteiger partial charge on any atom is 0.355 e. The Morgan fingerprint density at radius 2 is 1.44 bits per heavy atom. The van der Waals surface area contributed by atoms with Crippen molar-refractivity contribution >= 4 is 11.9 Å². The van der Waals surface area contributed by atoms with E-state index in [0.29, 0.717) is 24.2 Å². The van der Waals surface area contributed by atoms with Crippen LogP contribution in [0, 0.1) is 13.8 Å². The Labute approximate surface area is 202 Å². The molecule has 2 heterocycles. The standard InChI is InChI=1S/C28H36N2O4/c1-8-20-18(4)24(27(32)34-28(5,6)7)30-23(20)15-22-17(3)21(9-2)25(29-22)26(31)33-16-19-13-11-10-12-14-19/h10-14,29-30H,8-9,15-16H2,1-7H3. The summed E-state index contributed by atoms with van der Waals surface area (Å²) < 4.78 is 11.2. The molecule has 0 bridgehead atoms. The van der Waals surface area contributed by atoms with Crippen molar-refractivity contribution in [2.75, 3.05) is 0 Å². The molecule has 0 spiro atoms. The Morgan fingerprint density at radius 1 is 0.824 bits per heavy atom. The van der Waals surface area contributed by atoms with Crippen molar-refractivity contribution in [3.05, 3.63) is 80.9 Å². The first-order valence-electron chi connectivity index (χ1n) is 11.9. The lowest BCUT2D eigenvalue weighted by atomic mass is 10.0. The first-order valence-corrected chi connectivity index (χ1v) is 11.9. The van der Waals surface area contributed by atoms with Crippen LogP contribution in [-0.4, -0.2) is 27.5 Å². The molecule has 0 radical (unpaired) electrons. The Bertz CT molecular complexity index is 1160. The zero-order chi connectivity index (χ0) is 25.0. The number of nitrogens with one attached hydrogen (secondary N) is 2. The summed E-state index contributed by atoms with van der Waals surface area (Å²) in [4.78, 5) is 32.3. The highest BCUT2D eigenvalue weighted by molar-refractivity contribution is 5.91. The van der Waals surface area contributed by atoms with Crippen LogP contribution in [0.4, 0.5) is 0 Å². The van der Waals surface area contributed by atoms with E-state index in [1.54, 1.807) is 0 Å². The van der Waals surface area contributed by atoms with E-state index in [9.17, 15) is 9.59 Å². The van der Waals surface area contributed by atoms with E-state index in [0.717, 1.165) is 45.6 Å². The predicted octanol–water partition coefficient (Wildman–Crippen LogP) is 5.99. The number of aromatic amines is 2. The molecule has 0 aliphatic heterocycles. The molecule has 0 unspecified atom stereocenters. The molecule has 0 aliphatic rings. The van der Waals surface area contributed by atoms with E-state index < -0.39 is 5.60 Å². The highest BCUT2D eigenvalue weighted by Gasteiger charge is 2.25. The molecule has 34 heavy (non-hydrogen) atoms. The zero-order valence-electron chi connectivity index (χ0n) is 21.3. The maximum absolute atomic E-state index is 12.9. The smallest absolute Gasteiger partial charge is 0.355 e. The Balaban J connectivity index is 1.87. The van der Waals surface area contributed by atoms with Gasteiger partial charge in [-0.15, -0.1) is 0 Å². The Morgan fingerprint density at radius 3 is 2.03 bits per heavy atom. The molecular weight excluding hydrogens is 428 g/mol. The fourth-order valence-corrected chi connectivity index (χ4v) is 4.31. The van der Waals surface area contributed by atoms with Gasteiger partial charge in [0, 0.05) is 17.8 Å². The van der Waals surface area contributed by atoms with Crippen LogP contribution in [0.3, 0.4) is 0 Å². The summed E-state index contributed by atoms with van der Waals surface area (Å²) in [6, 6.07) is 9.64. The molecule has 0 atom stereocenters. The second kappa shape index (κ2) is 10.3. The van der Waals surface area contributed by atoms with Gasteiger partial charge in [0.2, 0.25) is 0 Å². The van der Waals surface area contributed by atoms with E-state index in [2.05, 4.69) is 16.9 Å². The third kappa shape index (κ3) is 5.61. The molecule has 0 fully saturated rings. The first-order chi connectivity index (χ1) is 16.1. The van der Waals surface area contributed by atoms with Crippen LogP contribution in [-0.2, 0) is 35.3 Å². The number of rotatable bonds is 8. The first kappa shape index (κ1) is 25.3. The lowest BCUT2D eigenvalue weighted by Crippen LogP contribution is -2.24. The van der Waals surface area contributed by atoms with Gasteiger partial charge in [0.15, 0.2) is 0 Å². The quantitative estimate of drug-likeness (QED) is 0.401. The van der Waals surface area contributed by atoms with Gasteiger partial charge in [0.1, 0.15) is 23.6 Å². The highest BCUT2D eigenvalue weighted by atomic mass is 16.6. The summed E-state index contributed by atoms with van der Waals surface area (Å²) in [6.45, 7) is 13.9.